The molecule has 0 bridgehead atoms. The molecule has 1 aliphatic rings. The number of aryl methyl sites for hydroxylation is 2. The molecule has 10 heteroatoms. The molecule has 1 aromatic carbocycles. The molecule has 0 radical (unpaired) electrons. The Bertz CT molecular complexity index is 1230. The smallest absolute Gasteiger partial charge is 0.264 e. The number of thiophene rings is 1. The normalized spacial score (nSPS) is 16.2. The third-order valence-corrected chi connectivity index (χ3v) is 6.81. The molecule has 7 nitrogen and oxygen atoms in total. The van der Waals surface area contributed by atoms with Gasteiger partial charge in [0, 0.05) is 21.0 Å². The van der Waals surface area contributed by atoms with Gasteiger partial charge in [0.05, 0.1) is 18.6 Å². The number of hydrogen-bond acceptors (Lipinski definition) is 7. The molecule has 1 atom stereocenters. The predicted octanol–water partition coefficient (Wildman–Crippen LogP) is 3.78. The first-order chi connectivity index (χ1) is 13.7. The minimum Gasteiger partial charge on any atom is -0.271 e. The molecule has 0 saturated carbocycles. The van der Waals surface area contributed by atoms with Crippen molar-refractivity contribution in [3.05, 3.63) is 62.5 Å². The van der Waals surface area contributed by atoms with Gasteiger partial charge in [-0.2, -0.15) is 8.42 Å². The van der Waals surface area contributed by atoms with Gasteiger partial charge in [-0.05, 0) is 38.5 Å². The van der Waals surface area contributed by atoms with Gasteiger partial charge in [0.2, 0.25) is 0 Å². The van der Waals surface area contributed by atoms with Crippen LogP contribution in [0.2, 0.25) is 5.02 Å². The van der Waals surface area contributed by atoms with Crippen molar-refractivity contribution in [1.29, 1.82) is 0 Å². The lowest BCUT2D eigenvalue weighted by Crippen LogP contribution is -2.15. The van der Waals surface area contributed by atoms with Crippen molar-refractivity contribution in [2.75, 3.05) is 12.9 Å². The summed E-state index contributed by atoms with van der Waals surface area (Å²) in [6, 6.07) is 6.81. The Hall–Kier alpha value is -2.07. The van der Waals surface area contributed by atoms with Crippen molar-refractivity contribution >= 4 is 38.8 Å². The lowest BCUT2D eigenvalue weighted by Gasteiger charge is -2.12. The van der Waals surface area contributed by atoms with Crippen LogP contribution in [0.5, 0.6) is 0 Å². The summed E-state index contributed by atoms with van der Waals surface area (Å²) in [6.45, 7) is 5.84. The van der Waals surface area contributed by atoms with Crippen molar-refractivity contribution < 1.29 is 12.6 Å². The Morgan fingerprint density at radius 3 is 2.52 bits per heavy atom. The lowest BCUT2D eigenvalue weighted by atomic mass is 10.00. The molecule has 3 aromatic rings. The molecular formula is C19H19ClN4O3S2. The Kier molecular flexibility index (Phi) is 5.10. The summed E-state index contributed by atoms with van der Waals surface area (Å²) >= 11 is 7.71. The molecule has 0 N–H and O–H groups in total. The maximum atomic E-state index is 11.6. The SMILES string of the molecule is Cc1sc2c(c1C)C(c1ccc(Cl)cc1)=NC(COS(C)(=O)=O)c1nnc(C)n1-2. The number of rotatable bonds is 4. The van der Waals surface area contributed by atoms with Gasteiger partial charge >= 0.3 is 0 Å². The fraction of sp³-hybridized carbons (Fsp3) is 0.316. The summed E-state index contributed by atoms with van der Waals surface area (Å²) in [6.07, 6.45) is 1.02. The monoisotopic (exact) mass is 450 g/mol. The molecule has 0 amide bonds. The number of aliphatic imine (C=N–C) groups is 1. The van der Waals surface area contributed by atoms with E-state index in [4.69, 9.17) is 20.8 Å². The third-order valence-electron chi connectivity index (χ3n) is 4.80. The molecule has 0 fully saturated rings. The second-order valence-corrected chi connectivity index (χ2v) is 10.2. The molecule has 29 heavy (non-hydrogen) atoms. The first kappa shape index (κ1) is 20.2. The maximum absolute atomic E-state index is 11.6. The van der Waals surface area contributed by atoms with Gasteiger partial charge < -0.3 is 0 Å². The lowest BCUT2D eigenvalue weighted by molar-refractivity contribution is 0.292. The van der Waals surface area contributed by atoms with E-state index in [0.717, 1.165) is 33.7 Å². The summed E-state index contributed by atoms with van der Waals surface area (Å²) in [5.41, 5.74) is 3.74. The van der Waals surface area contributed by atoms with Gasteiger partial charge in [0.15, 0.2) is 5.82 Å². The fourth-order valence-electron chi connectivity index (χ4n) is 3.30. The van der Waals surface area contributed by atoms with Gasteiger partial charge in [0.1, 0.15) is 16.9 Å². The van der Waals surface area contributed by atoms with Crippen molar-refractivity contribution in [2.24, 2.45) is 4.99 Å². The quantitative estimate of drug-likeness (QED) is 0.564. The Morgan fingerprint density at radius 2 is 1.86 bits per heavy atom. The summed E-state index contributed by atoms with van der Waals surface area (Å²) in [5.74, 6) is 1.26. The van der Waals surface area contributed by atoms with Crippen LogP contribution in [0.4, 0.5) is 0 Å². The van der Waals surface area contributed by atoms with Crippen molar-refractivity contribution in [3.8, 4) is 5.00 Å². The number of fused-ring (bicyclic) bond motifs is 3. The van der Waals surface area contributed by atoms with E-state index >= 15 is 0 Å². The van der Waals surface area contributed by atoms with E-state index < -0.39 is 16.2 Å². The maximum Gasteiger partial charge on any atom is 0.264 e. The van der Waals surface area contributed by atoms with Crippen LogP contribution in [-0.4, -0.2) is 41.8 Å². The van der Waals surface area contributed by atoms with Gasteiger partial charge in [-0.3, -0.25) is 13.7 Å². The minimum atomic E-state index is -3.63. The molecule has 0 aliphatic carbocycles. The van der Waals surface area contributed by atoms with Crippen LogP contribution in [0, 0.1) is 20.8 Å². The zero-order valence-electron chi connectivity index (χ0n) is 16.3. The van der Waals surface area contributed by atoms with Crippen LogP contribution in [0.1, 0.15) is 39.3 Å². The minimum absolute atomic E-state index is 0.152. The second-order valence-electron chi connectivity index (χ2n) is 6.89. The van der Waals surface area contributed by atoms with E-state index in [1.807, 2.05) is 35.8 Å². The summed E-state index contributed by atoms with van der Waals surface area (Å²) in [7, 11) is -3.63. The van der Waals surface area contributed by atoms with Gasteiger partial charge in [-0.25, -0.2) is 0 Å². The van der Waals surface area contributed by atoms with E-state index in [9.17, 15) is 8.42 Å². The molecular weight excluding hydrogens is 432 g/mol. The number of benzene rings is 1. The molecule has 1 aliphatic heterocycles. The van der Waals surface area contributed by atoms with Crippen molar-refractivity contribution in [3.63, 3.8) is 0 Å². The van der Waals surface area contributed by atoms with Gasteiger partial charge in [-0.15, -0.1) is 21.5 Å². The fourth-order valence-corrected chi connectivity index (χ4v) is 5.01. The average Bonchev–Trinajstić information content (AvgIpc) is 3.11. The largest absolute Gasteiger partial charge is 0.271 e. The highest BCUT2D eigenvalue weighted by Crippen LogP contribution is 2.38. The number of aromatic nitrogens is 3. The zero-order chi connectivity index (χ0) is 20.9. The number of halogens is 1. The Labute approximate surface area is 178 Å². The highest BCUT2D eigenvalue weighted by Gasteiger charge is 2.32. The Morgan fingerprint density at radius 1 is 1.17 bits per heavy atom. The molecule has 0 saturated heterocycles. The van der Waals surface area contributed by atoms with E-state index in [2.05, 4.69) is 24.0 Å². The average molecular weight is 451 g/mol. The molecule has 2 aromatic heterocycles. The van der Waals surface area contributed by atoms with E-state index in [-0.39, 0.29) is 6.61 Å². The first-order valence-electron chi connectivity index (χ1n) is 8.86. The molecule has 3 heterocycles. The summed E-state index contributed by atoms with van der Waals surface area (Å²) in [5, 5.41) is 10.1. The van der Waals surface area contributed by atoms with E-state index in [1.165, 1.54) is 4.88 Å². The van der Waals surface area contributed by atoms with Gasteiger partial charge in [0.25, 0.3) is 10.1 Å². The van der Waals surface area contributed by atoms with Crippen LogP contribution >= 0.6 is 22.9 Å². The van der Waals surface area contributed by atoms with Crippen molar-refractivity contribution in [2.45, 2.75) is 26.8 Å². The van der Waals surface area contributed by atoms with Crippen molar-refractivity contribution in [1.82, 2.24) is 14.8 Å². The number of nitrogens with zero attached hydrogens (tertiary/aromatic N) is 4. The van der Waals surface area contributed by atoms with Crippen LogP contribution in [0.3, 0.4) is 0 Å². The van der Waals surface area contributed by atoms with E-state index in [1.54, 1.807) is 11.3 Å². The Balaban J connectivity index is 1.97. The highest BCUT2D eigenvalue weighted by atomic mass is 35.5. The van der Waals surface area contributed by atoms with Crippen LogP contribution in [0.15, 0.2) is 29.3 Å². The highest BCUT2D eigenvalue weighted by molar-refractivity contribution is 7.85. The summed E-state index contributed by atoms with van der Waals surface area (Å²) in [4.78, 5) is 6.08. The third kappa shape index (κ3) is 3.75. The topological polar surface area (TPSA) is 86.4 Å². The van der Waals surface area contributed by atoms with Crippen LogP contribution in [0.25, 0.3) is 5.00 Å². The first-order valence-corrected chi connectivity index (χ1v) is 11.9. The van der Waals surface area contributed by atoms with Crippen LogP contribution in [-0.2, 0) is 14.3 Å². The van der Waals surface area contributed by atoms with Gasteiger partial charge in [-0.1, -0.05) is 23.7 Å². The molecule has 4 rings (SSSR count). The van der Waals surface area contributed by atoms with Crippen LogP contribution < -0.4 is 0 Å². The standard InChI is InChI=1S/C19H19ClN4O3S2/c1-10-11(2)28-19-16(10)17(13-5-7-14(20)8-6-13)21-15(9-27-29(4,25)26)18-23-22-12(3)24(18)19/h5-8,15H,9H2,1-4H3. The number of hydrogen-bond donors (Lipinski definition) is 0. The molecule has 1 unspecified atom stereocenters. The predicted molar refractivity (Wildman–Crippen MR) is 114 cm³/mol. The second kappa shape index (κ2) is 7.32. The molecule has 152 valence electrons. The zero-order valence-corrected chi connectivity index (χ0v) is 18.7. The van der Waals surface area contributed by atoms with E-state index in [0.29, 0.717) is 16.7 Å². The molecule has 0 spiro atoms. The summed E-state index contributed by atoms with van der Waals surface area (Å²) < 4.78 is 30.3.